The first-order chi connectivity index (χ1) is 11.2. The maximum atomic E-state index is 12.2. The topological polar surface area (TPSA) is 40.5 Å². The van der Waals surface area contributed by atoms with Gasteiger partial charge >= 0.3 is 0 Å². The monoisotopic (exact) mass is 309 g/mol. The Bertz CT molecular complexity index is 681. The summed E-state index contributed by atoms with van der Waals surface area (Å²) in [6, 6.07) is 15.7. The Morgan fingerprint density at radius 3 is 2.57 bits per heavy atom. The van der Waals surface area contributed by atoms with Crippen LogP contribution in [-0.2, 0) is 17.9 Å². The van der Waals surface area contributed by atoms with E-state index in [1.165, 1.54) is 5.56 Å². The van der Waals surface area contributed by atoms with Gasteiger partial charge in [0.15, 0.2) is 0 Å². The van der Waals surface area contributed by atoms with Gasteiger partial charge in [0.25, 0.3) is 0 Å². The minimum absolute atomic E-state index is 0.230. The zero-order valence-electron chi connectivity index (χ0n) is 13.5. The first-order valence-corrected chi connectivity index (χ1v) is 8.31. The van der Waals surface area contributed by atoms with Crippen molar-refractivity contribution in [2.75, 3.05) is 0 Å². The lowest BCUT2D eigenvalue weighted by Crippen LogP contribution is -2.24. The van der Waals surface area contributed by atoms with Crippen molar-refractivity contribution in [3.05, 3.63) is 70.8 Å². The lowest BCUT2D eigenvalue weighted by atomic mass is 9.98. The average Bonchev–Trinajstić information content (AvgIpc) is 3.03. The van der Waals surface area contributed by atoms with Gasteiger partial charge in [-0.3, -0.25) is 4.79 Å². The third-order valence-corrected chi connectivity index (χ3v) is 4.48. The summed E-state index contributed by atoms with van der Waals surface area (Å²) in [6.45, 7) is 3.45. The fourth-order valence-corrected chi connectivity index (χ4v) is 3.07. The molecule has 1 N–H and O–H groups in total. The molecule has 23 heavy (non-hydrogen) atoms. The van der Waals surface area contributed by atoms with Crippen LogP contribution in [0, 0.1) is 0 Å². The molecule has 3 rings (SSSR count). The molecule has 120 valence electrons. The van der Waals surface area contributed by atoms with Crippen LogP contribution < -0.4 is 0 Å². The molecule has 0 bridgehead atoms. The molecule has 0 spiro atoms. The number of amides is 1. The summed E-state index contributed by atoms with van der Waals surface area (Å²) in [5.41, 5.74) is 4.13. The number of aliphatic hydroxyl groups excluding tert-OH is 1. The molecule has 0 fully saturated rings. The third kappa shape index (κ3) is 3.45. The zero-order valence-corrected chi connectivity index (χ0v) is 13.5. The number of aliphatic hydroxyl groups is 1. The normalized spacial score (nSPS) is 14.6. The Morgan fingerprint density at radius 1 is 1.09 bits per heavy atom. The summed E-state index contributed by atoms with van der Waals surface area (Å²) in [6.07, 6.45) is 2.00. The molecular weight excluding hydrogens is 286 g/mol. The standard InChI is InChI=1S/C20H23NO2/c1-2-3-9-19(22)21-13-17-11-10-16(12-18(17)14-21)20(23)15-7-5-4-6-8-15/h4-8,10-12,20,23H,2-3,9,13-14H2,1H3. The van der Waals surface area contributed by atoms with Gasteiger partial charge in [-0.25, -0.2) is 0 Å². The largest absolute Gasteiger partial charge is 0.384 e. The summed E-state index contributed by atoms with van der Waals surface area (Å²) >= 11 is 0. The number of nitrogens with zero attached hydrogens (tertiary/aromatic N) is 1. The second-order valence-corrected chi connectivity index (χ2v) is 6.19. The first kappa shape index (κ1) is 15.8. The fourth-order valence-electron chi connectivity index (χ4n) is 3.07. The first-order valence-electron chi connectivity index (χ1n) is 8.31. The van der Waals surface area contributed by atoms with Crippen molar-refractivity contribution in [2.24, 2.45) is 0 Å². The van der Waals surface area contributed by atoms with E-state index in [0.717, 1.165) is 29.5 Å². The maximum absolute atomic E-state index is 12.2. The lowest BCUT2D eigenvalue weighted by molar-refractivity contribution is -0.131. The fraction of sp³-hybridized carbons (Fsp3) is 0.350. The molecule has 0 saturated heterocycles. The highest BCUT2D eigenvalue weighted by molar-refractivity contribution is 5.77. The van der Waals surface area contributed by atoms with E-state index in [1.807, 2.05) is 53.4 Å². The number of benzene rings is 2. The molecule has 1 aliphatic heterocycles. The lowest BCUT2D eigenvalue weighted by Gasteiger charge is -2.14. The molecule has 1 atom stereocenters. The molecular formula is C20H23NO2. The molecule has 1 aliphatic rings. The summed E-state index contributed by atoms with van der Waals surface area (Å²) in [5.74, 6) is 0.230. The van der Waals surface area contributed by atoms with Crippen LogP contribution in [0.5, 0.6) is 0 Å². The van der Waals surface area contributed by atoms with Crippen molar-refractivity contribution in [3.63, 3.8) is 0 Å². The van der Waals surface area contributed by atoms with E-state index in [9.17, 15) is 9.90 Å². The van der Waals surface area contributed by atoms with E-state index in [1.54, 1.807) is 0 Å². The Kier molecular flexibility index (Phi) is 4.77. The van der Waals surface area contributed by atoms with Crippen molar-refractivity contribution in [1.82, 2.24) is 4.90 Å². The van der Waals surface area contributed by atoms with Crippen molar-refractivity contribution in [3.8, 4) is 0 Å². The predicted molar refractivity (Wildman–Crippen MR) is 90.7 cm³/mol. The summed E-state index contributed by atoms with van der Waals surface area (Å²) in [5, 5.41) is 10.5. The van der Waals surface area contributed by atoms with Gasteiger partial charge in [-0.15, -0.1) is 0 Å². The van der Waals surface area contributed by atoms with Crippen LogP contribution in [0.3, 0.4) is 0 Å². The van der Waals surface area contributed by atoms with Gasteiger partial charge in [-0.05, 0) is 28.7 Å². The molecule has 3 heteroatoms. The van der Waals surface area contributed by atoms with Crippen molar-refractivity contribution in [2.45, 2.75) is 45.4 Å². The summed E-state index contributed by atoms with van der Waals surface area (Å²) in [4.78, 5) is 14.1. The number of carbonyl (C=O) groups excluding carboxylic acids is 1. The molecule has 0 aliphatic carbocycles. The molecule has 1 unspecified atom stereocenters. The minimum atomic E-state index is -0.619. The second-order valence-electron chi connectivity index (χ2n) is 6.19. The van der Waals surface area contributed by atoms with Gasteiger partial charge < -0.3 is 10.0 Å². The van der Waals surface area contributed by atoms with E-state index >= 15 is 0 Å². The molecule has 3 nitrogen and oxygen atoms in total. The van der Waals surface area contributed by atoms with Gasteiger partial charge in [-0.1, -0.05) is 61.9 Å². The van der Waals surface area contributed by atoms with Crippen molar-refractivity contribution >= 4 is 5.91 Å². The Labute approximate surface area is 137 Å². The minimum Gasteiger partial charge on any atom is -0.384 e. The SMILES string of the molecule is CCCCC(=O)N1Cc2ccc(C(O)c3ccccc3)cc2C1. The second kappa shape index (κ2) is 6.97. The molecule has 0 saturated carbocycles. The molecule has 0 aromatic heterocycles. The van der Waals surface area contributed by atoms with Crippen LogP contribution in [0.15, 0.2) is 48.5 Å². The molecule has 2 aromatic rings. The number of hydrogen-bond donors (Lipinski definition) is 1. The van der Waals surface area contributed by atoms with Crippen LogP contribution >= 0.6 is 0 Å². The van der Waals surface area contributed by atoms with Crippen LogP contribution in [0.1, 0.15) is 54.5 Å². The molecule has 0 radical (unpaired) electrons. The van der Waals surface area contributed by atoms with Gasteiger partial charge in [0.1, 0.15) is 6.10 Å². The van der Waals surface area contributed by atoms with Crippen LogP contribution in [-0.4, -0.2) is 15.9 Å². The van der Waals surface area contributed by atoms with E-state index in [0.29, 0.717) is 19.5 Å². The van der Waals surface area contributed by atoms with Crippen LogP contribution in [0.4, 0.5) is 0 Å². The third-order valence-electron chi connectivity index (χ3n) is 4.48. The molecule has 1 amide bonds. The Balaban J connectivity index is 1.74. The van der Waals surface area contributed by atoms with E-state index in [2.05, 4.69) is 6.92 Å². The van der Waals surface area contributed by atoms with E-state index in [-0.39, 0.29) is 5.91 Å². The number of hydrogen-bond acceptors (Lipinski definition) is 2. The van der Waals surface area contributed by atoms with Gasteiger partial charge in [0, 0.05) is 19.5 Å². The van der Waals surface area contributed by atoms with Crippen LogP contribution in [0.2, 0.25) is 0 Å². The number of unbranched alkanes of at least 4 members (excludes halogenated alkanes) is 1. The summed E-state index contributed by atoms with van der Waals surface area (Å²) < 4.78 is 0. The Hall–Kier alpha value is -2.13. The smallest absolute Gasteiger partial charge is 0.223 e. The van der Waals surface area contributed by atoms with Gasteiger partial charge in [0.05, 0.1) is 0 Å². The quantitative estimate of drug-likeness (QED) is 0.912. The highest BCUT2D eigenvalue weighted by Crippen LogP contribution is 2.29. The predicted octanol–water partition coefficient (Wildman–Crippen LogP) is 3.80. The maximum Gasteiger partial charge on any atom is 0.223 e. The Morgan fingerprint density at radius 2 is 1.83 bits per heavy atom. The van der Waals surface area contributed by atoms with E-state index in [4.69, 9.17) is 0 Å². The van der Waals surface area contributed by atoms with Crippen molar-refractivity contribution in [1.29, 1.82) is 0 Å². The van der Waals surface area contributed by atoms with Crippen molar-refractivity contribution < 1.29 is 9.90 Å². The average molecular weight is 309 g/mol. The number of carbonyl (C=O) groups is 1. The van der Waals surface area contributed by atoms with Gasteiger partial charge in [-0.2, -0.15) is 0 Å². The molecule has 2 aromatic carbocycles. The highest BCUT2D eigenvalue weighted by Gasteiger charge is 2.24. The summed E-state index contributed by atoms with van der Waals surface area (Å²) in [7, 11) is 0. The van der Waals surface area contributed by atoms with Gasteiger partial charge in [0.2, 0.25) is 5.91 Å². The molecule has 1 heterocycles. The van der Waals surface area contributed by atoms with Crippen LogP contribution in [0.25, 0.3) is 0 Å². The highest BCUT2D eigenvalue weighted by atomic mass is 16.3. The van der Waals surface area contributed by atoms with E-state index < -0.39 is 6.10 Å². The number of rotatable bonds is 5. The number of fused-ring (bicyclic) bond motifs is 1. The zero-order chi connectivity index (χ0) is 16.2.